The third-order valence-electron chi connectivity index (χ3n) is 8.73. The third-order valence-corrected chi connectivity index (χ3v) is 8.73. The van der Waals surface area contributed by atoms with Crippen LogP contribution in [0.2, 0.25) is 0 Å². The maximum Gasteiger partial charge on any atom is 0.306 e. The van der Waals surface area contributed by atoms with Crippen LogP contribution in [0.25, 0.3) is 0 Å². The average molecular weight is 429 g/mol. The van der Waals surface area contributed by atoms with Crippen LogP contribution in [0, 0.1) is 5.92 Å². The zero-order valence-electron chi connectivity index (χ0n) is 18.1. The number of benzene rings is 1. The SMILES string of the molecule is COC(=O)CCN[C@H]1CC[C@@]2(O)[C@H]3Cc4ccc(O)c5c4[C@@]2(CCN3CC2CC2)[C@H]1O5. The number of aliphatic hydroxyl groups is 1. The van der Waals surface area contributed by atoms with Gasteiger partial charge in [-0.05, 0) is 62.6 Å². The molecular formula is C24H32N2O5. The highest BCUT2D eigenvalue weighted by atomic mass is 16.5. The summed E-state index contributed by atoms with van der Waals surface area (Å²) in [6, 6.07) is 3.88. The molecule has 3 N–H and O–H groups in total. The van der Waals surface area contributed by atoms with Crippen LogP contribution in [0.3, 0.4) is 0 Å². The van der Waals surface area contributed by atoms with Crippen LogP contribution in [0.5, 0.6) is 11.5 Å². The highest BCUT2D eigenvalue weighted by Crippen LogP contribution is 2.65. The maximum absolute atomic E-state index is 12.4. The zero-order valence-corrected chi connectivity index (χ0v) is 18.1. The Balaban J connectivity index is 1.38. The number of hydrogen-bond acceptors (Lipinski definition) is 7. The average Bonchev–Trinajstić information content (AvgIpc) is 3.50. The second kappa shape index (κ2) is 6.83. The maximum atomic E-state index is 12.4. The number of hydrogen-bond donors (Lipinski definition) is 3. The summed E-state index contributed by atoms with van der Waals surface area (Å²) in [5.41, 5.74) is 0.875. The lowest BCUT2D eigenvalue weighted by Crippen LogP contribution is -2.78. The first-order valence-corrected chi connectivity index (χ1v) is 11.8. The van der Waals surface area contributed by atoms with E-state index in [0.29, 0.717) is 25.1 Å². The Morgan fingerprint density at radius 3 is 2.94 bits per heavy atom. The molecule has 2 bridgehead atoms. The van der Waals surface area contributed by atoms with Crippen LogP contribution in [0.1, 0.15) is 49.7 Å². The fourth-order valence-electron chi connectivity index (χ4n) is 7.15. The third kappa shape index (κ3) is 2.66. The van der Waals surface area contributed by atoms with Crippen LogP contribution < -0.4 is 10.1 Å². The fourth-order valence-corrected chi connectivity index (χ4v) is 7.15. The van der Waals surface area contributed by atoms with E-state index in [1.165, 1.54) is 25.5 Å². The van der Waals surface area contributed by atoms with Gasteiger partial charge in [0.1, 0.15) is 6.10 Å². The van der Waals surface area contributed by atoms with Gasteiger partial charge in [0.15, 0.2) is 11.5 Å². The number of methoxy groups -OCH3 is 1. The molecular weight excluding hydrogens is 396 g/mol. The molecule has 2 heterocycles. The van der Waals surface area contributed by atoms with E-state index < -0.39 is 11.0 Å². The number of carbonyl (C=O) groups excluding carboxylic acids is 1. The standard InChI is InChI=1S/C24H32N2O5/c1-30-19(28)7-10-25-16-6-8-24(29)18-12-15-4-5-17(27)21-20(15)23(24,22(16)31-21)9-11-26(18)13-14-2-3-14/h4-5,14,16,18,22,25,27,29H,2-3,6-13H2,1H3/t16-,18+,22-,23-,24+/m0/s1. The van der Waals surface area contributed by atoms with E-state index in [2.05, 4.69) is 10.2 Å². The van der Waals surface area contributed by atoms with Crippen molar-refractivity contribution in [1.29, 1.82) is 0 Å². The lowest BCUT2D eigenvalue weighted by atomic mass is 9.48. The predicted octanol–water partition coefficient (Wildman–Crippen LogP) is 1.48. The van der Waals surface area contributed by atoms with Crippen molar-refractivity contribution >= 4 is 5.97 Å². The molecule has 2 aliphatic heterocycles. The van der Waals surface area contributed by atoms with E-state index in [0.717, 1.165) is 43.8 Å². The number of aromatic hydroxyl groups is 1. The van der Waals surface area contributed by atoms with Crippen molar-refractivity contribution in [3.8, 4) is 11.5 Å². The number of piperidine rings is 1. The molecule has 7 heteroatoms. The number of ether oxygens (including phenoxy) is 2. The Bertz CT molecular complexity index is 917. The van der Waals surface area contributed by atoms with E-state index >= 15 is 0 Å². The van der Waals surface area contributed by atoms with E-state index in [1.54, 1.807) is 6.07 Å². The van der Waals surface area contributed by atoms with Gasteiger partial charge in [-0.1, -0.05) is 6.07 Å². The molecule has 1 aromatic rings. The molecule has 168 valence electrons. The summed E-state index contributed by atoms with van der Waals surface area (Å²) in [6.45, 7) is 2.54. The van der Waals surface area contributed by atoms with Crippen molar-refractivity contribution in [3.05, 3.63) is 23.3 Å². The first-order chi connectivity index (χ1) is 15.0. The molecule has 0 aromatic heterocycles. The fraction of sp³-hybridized carbons (Fsp3) is 0.708. The summed E-state index contributed by atoms with van der Waals surface area (Å²) in [5.74, 6) is 1.27. The van der Waals surface area contributed by atoms with Crippen LogP contribution in [0.15, 0.2) is 12.1 Å². The number of carbonyl (C=O) groups is 1. The summed E-state index contributed by atoms with van der Waals surface area (Å²) in [5, 5.41) is 26.5. The minimum atomic E-state index is -0.864. The summed E-state index contributed by atoms with van der Waals surface area (Å²) >= 11 is 0. The lowest BCUT2D eigenvalue weighted by Gasteiger charge is -2.64. The second-order valence-corrected chi connectivity index (χ2v) is 10.2. The second-order valence-electron chi connectivity index (χ2n) is 10.2. The van der Waals surface area contributed by atoms with Gasteiger partial charge in [0.25, 0.3) is 0 Å². The molecule has 1 saturated heterocycles. The van der Waals surface area contributed by atoms with Crippen LogP contribution in [-0.2, 0) is 21.4 Å². The van der Waals surface area contributed by atoms with Gasteiger partial charge >= 0.3 is 5.97 Å². The van der Waals surface area contributed by atoms with Gasteiger partial charge < -0.3 is 25.0 Å². The molecule has 1 spiro atoms. The van der Waals surface area contributed by atoms with Crippen molar-refractivity contribution in [2.75, 3.05) is 26.7 Å². The van der Waals surface area contributed by atoms with Gasteiger partial charge in [0, 0.05) is 30.7 Å². The smallest absolute Gasteiger partial charge is 0.306 e. The summed E-state index contributed by atoms with van der Waals surface area (Å²) in [6.07, 6.45) is 5.78. The van der Waals surface area contributed by atoms with Gasteiger partial charge in [-0.3, -0.25) is 9.69 Å². The number of rotatable bonds is 6. The number of likely N-dealkylation sites (tertiary alicyclic amines) is 1. The van der Waals surface area contributed by atoms with Crippen molar-refractivity contribution in [1.82, 2.24) is 10.2 Å². The first kappa shape index (κ1) is 19.8. The lowest BCUT2D eigenvalue weighted by molar-refractivity contribution is -0.191. The topological polar surface area (TPSA) is 91.3 Å². The van der Waals surface area contributed by atoms with Gasteiger partial charge in [-0.15, -0.1) is 0 Å². The van der Waals surface area contributed by atoms with Crippen LogP contribution in [0.4, 0.5) is 0 Å². The molecule has 0 unspecified atom stereocenters. The Kier molecular flexibility index (Phi) is 4.37. The molecule has 5 aliphatic rings. The minimum absolute atomic E-state index is 0.0123. The molecule has 2 saturated carbocycles. The highest BCUT2D eigenvalue weighted by molar-refractivity contribution is 5.69. The highest BCUT2D eigenvalue weighted by Gasteiger charge is 2.72. The molecule has 3 fully saturated rings. The predicted molar refractivity (Wildman–Crippen MR) is 113 cm³/mol. The first-order valence-electron chi connectivity index (χ1n) is 11.8. The van der Waals surface area contributed by atoms with E-state index in [4.69, 9.17) is 9.47 Å². The van der Waals surface area contributed by atoms with Crippen LogP contribution in [-0.4, -0.2) is 71.6 Å². The summed E-state index contributed by atoms with van der Waals surface area (Å²) in [4.78, 5) is 14.1. The van der Waals surface area contributed by atoms with E-state index in [9.17, 15) is 15.0 Å². The molecule has 1 aromatic carbocycles. The molecule has 3 aliphatic carbocycles. The number of nitrogens with one attached hydrogen (secondary N) is 1. The van der Waals surface area contributed by atoms with Gasteiger partial charge in [-0.2, -0.15) is 0 Å². The minimum Gasteiger partial charge on any atom is -0.504 e. The Morgan fingerprint density at radius 1 is 1.32 bits per heavy atom. The van der Waals surface area contributed by atoms with Crippen molar-refractivity contribution < 1.29 is 24.5 Å². The van der Waals surface area contributed by atoms with Crippen molar-refractivity contribution in [3.63, 3.8) is 0 Å². The molecule has 0 amide bonds. The van der Waals surface area contributed by atoms with Gasteiger partial charge in [0.05, 0.1) is 24.5 Å². The largest absolute Gasteiger partial charge is 0.504 e. The van der Waals surface area contributed by atoms with Gasteiger partial charge in [-0.25, -0.2) is 0 Å². The van der Waals surface area contributed by atoms with E-state index in [-0.39, 0.29) is 29.9 Å². The Morgan fingerprint density at radius 2 is 2.16 bits per heavy atom. The molecule has 0 radical (unpaired) electrons. The molecule has 6 rings (SSSR count). The van der Waals surface area contributed by atoms with Crippen molar-refractivity contribution in [2.24, 2.45) is 5.92 Å². The molecule has 5 atom stereocenters. The number of nitrogens with zero attached hydrogens (tertiary/aromatic N) is 1. The van der Waals surface area contributed by atoms with Crippen LogP contribution >= 0.6 is 0 Å². The van der Waals surface area contributed by atoms with E-state index in [1.807, 2.05) is 6.07 Å². The number of phenolic OH excluding ortho intramolecular Hbond substituents is 1. The molecule has 7 nitrogen and oxygen atoms in total. The Labute approximate surface area is 182 Å². The quantitative estimate of drug-likeness (QED) is 0.591. The molecule has 31 heavy (non-hydrogen) atoms. The van der Waals surface area contributed by atoms with Crippen molar-refractivity contribution in [2.45, 2.75) is 74.1 Å². The normalized spacial score (nSPS) is 37.8. The Hall–Kier alpha value is -1.83. The monoisotopic (exact) mass is 428 g/mol. The summed E-state index contributed by atoms with van der Waals surface area (Å²) < 4.78 is 11.3. The number of esters is 1. The van der Waals surface area contributed by atoms with Gasteiger partial charge in [0.2, 0.25) is 0 Å². The summed E-state index contributed by atoms with van der Waals surface area (Å²) in [7, 11) is 1.40. The number of phenols is 1. The zero-order chi connectivity index (χ0) is 21.4.